The van der Waals surface area contributed by atoms with Crippen LogP contribution in [-0.4, -0.2) is 33.4 Å². The number of carbonyl (C=O) groups excluding carboxylic acids is 1. The number of nitro benzene ring substituents is 1. The van der Waals surface area contributed by atoms with Gasteiger partial charge >= 0.3 is 0 Å². The Morgan fingerprint density at radius 2 is 1.96 bits per heavy atom. The third-order valence-corrected chi connectivity index (χ3v) is 5.08. The molecule has 0 saturated carbocycles. The van der Waals surface area contributed by atoms with Gasteiger partial charge in [0.2, 0.25) is 5.91 Å². The fraction of sp³-hybridized carbons (Fsp3) is 0.250. The number of likely N-dealkylation sites (tertiary alicyclic amines) is 1. The first-order chi connectivity index (χ1) is 12.6. The molecule has 0 radical (unpaired) electrons. The molecule has 1 fully saturated rings. The highest BCUT2D eigenvalue weighted by molar-refractivity contribution is 5.85. The summed E-state index contributed by atoms with van der Waals surface area (Å²) in [6.07, 6.45) is 2.80. The Labute approximate surface area is 150 Å². The lowest BCUT2D eigenvalue weighted by molar-refractivity contribution is -0.384. The van der Waals surface area contributed by atoms with Gasteiger partial charge in [0.25, 0.3) is 5.69 Å². The molecule has 2 heterocycles. The number of amides is 1. The van der Waals surface area contributed by atoms with Gasteiger partial charge in [-0.25, -0.2) is 0 Å². The lowest BCUT2D eigenvalue weighted by Crippen LogP contribution is -2.31. The van der Waals surface area contributed by atoms with Crippen LogP contribution in [0.1, 0.15) is 17.9 Å². The summed E-state index contributed by atoms with van der Waals surface area (Å²) in [4.78, 5) is 25.1. The lowest BCUT2D eigenvalue weighted by atomic mass is 9.99. The molecule has 1 amide bonds. The predicted octanol–water partition coefficient (Wildman–Crippen LogP) is 3.57. The number of non-ortho nitro benzene ring substituents is 1. The van der Waals surface area contributed by atoms with Gasteiger partial charge in [0.15, 0.2) is 0 Å². The van der Waals surface area contributed by atoms with Crippen LogP contribution in [0, 0.1) is 10.1 Å². The van der Waals surface area contributed by atoms with Gasteiger partial charge in [-0.3, -0.25) is 14.9 Å². The number of benzene rings is 2. The van der Waals surface area contributed by atoms with Crippen molar-refractivity contribution >= 4 is 22.5 Å². The van der Waals surface area contributed by atoms with Crippen molar-refractivity contribution in [3.05, 3.63) is 76.5 Å². The number of hydrogen-bond donors (Lipinski definition) is 0. The Hall–Kier alpha value is -3.15. The maximum atomic E-state index is 12.7. The Morgan fingerprint density at radius 3 is 2.73 bits per heavy atom. The fourth-order valence-electron chi connectivity index (χ4n) is 3.67. The number of aromatic nitrogens is 1. The minimum absolute atomic E-state index is 0.0619. The molecule has 1 saturated heterocycles. The summed E-state index contributed by atoms with van der Waals surface area (Å²) in [6.45, 7) is 1.76. The van der Waals surface area contributed by atoms with Crippen LogP contribution in [-0.2, 0) is 11.3 Å². The second-order valence-corrected chi connectivity index (χ2v) is 6.68. The van der Waals surface area contributed by atoms with Crippen LogP contribution < -0.4 is 0 Å². The number of fused-ring (bicyclic) bond motifs is 1. The number of nitrogens with zero attached hydrogens (tertiary/aromatic N) is 3. The van der Waals surface area contributed by atoms with E-state index < -0.39 is 4.92 Å². The summed E-state index contributed by atoms with van der Waals surface area (Å²) in [5.41, 5.74) is 2.18. The van der Waals surface area contributed by atoms with E-state index in [0.29, 0.717) is 5.92 Å². The molecule has 1 aromatic heterocycles. The maximum absolute atomic E-state index is 12.7. The highest BCUT2D eigenvalue weighted by Gasteiger charge is 2.27. The molecule has 26 heavy (non-hydrogen) atoms. The minimum Gasteiger partial charge on any atom is -0.341 e. The van der Waals surface area contributed by atoms with Crippen molar-refractivity contribution in [1.29, 1.82) is 0 Å². The standard InChI is InChI=1S/C20H19N3O3/c24-20(22-11-9-17(13-22)15-4-2-1-3-5-15)14-21-10-8-16-12-18(23(25)26)6-7-19(16)21/h1-8,10,12,17H,9,11,13-14H2. The fourth-order valence-corrected chi connectivity index (χ4v) is 3.67. The SMILES string of the molecule is O=C(Cn1ccc2cc([N+](=O)[O-])ccc21)N1CCC(c2ccccc2)C1. The van der Waals surface area contributed by atoms with E-state index in [2.05, 4.69) is 12.1 Å². The summed E-state index contributed by atoms with van der Waals surface area (Å²) in [5, 5.41) is 11.7. The molecule has 1 aliphatic rings. The van der Waals surface area contributed by atoms with Gasteiger partial charge in [0.1, 0.15) is 6.54 Å². The van der Waals surface area contributed by atoms with Crippen LogP contribution in [0.5, 0.6) is 0 Å². The summed E-state index contributed by atoms with van der Waals surface area (Å²) in [7, 11) is 0. The highest BCUT2D eigenvalue weighted by atomic mass is 16.6. The molecule has 6 nitrogen and oxygen atoms in total. The van der Waals surface area contributed by atoms with Crippen molar-refractivity contribution in [2.45, 2.75) is 18.9 Å². The van der Waals surface area contributed by atoms with Gasteiger partial charge in [-0.05, 0) is 24.1 Å². The second-order valence-electron chi connectivity index (χ2n) is 6.68. The van der Waals surface area contributed by atoms with Crippen LogP contribution in [0.25, 0.3) is 10.9 Å². The predicted molar refractivity (Wildman–Crippen MR) is 99.0 cm³/mol. The smallest absolute Gasteiger partial charge is 0.270 e. The highest BCUT2D eigenvalue weighted by Crippen LogP contribution is 2.27. The Bertz CT molecular complexity index is 965. The van der Waals surface area contributed by atoms with Crippen LogP contribution >= 0.6 is 0 Å². The van der Waals surface area contributed by atoms with E-state index in [9.17, 15) is 14.9 Å². The van der Waals surface area contributed by atoms with Crippen LogP contribution in [0.2, 0.25) is 0 Å². The molecule has 3 aromatic rings. The normalized spacial score (nSPS) is 16.9. The first-order valence-electron chi connectivity index (χ1n) is 8.68. The van der Waals surface area contributed by atoms with Gasteiger partial charge in [0, 0.05) is 48.2 Å². The van der Waals surface area contributed by atoms with Crippen molar-refractivity contribution in [2.24, 2.45) is 0 Å². The quantitative estimate of drug-likeness (QED) is 0.534. The number of carbonyl (C=O) groups is 1. The van der Waals surface area contributed by atoms with Crippen molar-refractivity contribution in [1.82, 2.24) is 9.47 Å². The van der Waals surface area contributed by atoms with E-state index in [0.717, 1.165) is 30.4 Å². The lowest BCUT2D eigenvalue weighted by Gasteiger charge is -2.17. The zero-order valence-electron chi connectivity index (χ0n) is 14.2. The van der Waals surface area contributed by atoms with Gasteiger partial charge < -0.3 is 9.47 Å². The second kappa shape index (κ2) is 6.63. The number of rotatable bonds is 4. The summed E-state index contributed by atoms with van der Waals surface area (Å²) >= 11 is 0. The van der Waals surface area contributed by atoms with Gasteiger partial charge in [-0.1, -0.05) is 30.3 Å². The zero-order valence-corrected chi connectivity index (χ0v) is 14.2. The molecule has 4 rings (SSSR count). The summed E-state index contributed by atoms with van der Waals surface area (Å²) < 4.78 is 1.86. The van der Waals surface area contributed by atoms with E-state index in [1.54, 1.807) is 6.07 Å². The van der Waals surface area contributed by atoms with Crippen LogP contribution in [0.15, 0.2) is 60.8 Å². The van der Waals surface area contributed by atoms with Gasteiger partial charge in [-0.15, -0.1) is 0 Å². The minimum atomic E-state index is -0.407. The molecule has 1 unspecified atom stereocenters. The Kier molecular flexibility index (Phi) is 4.16. The molecule has 0 bridgehead atoms. The third-order valence-electron chi connectivity index (χ3n) is 5.08. The first-order valence-corrected chi connectivity index (χ1v) is 8.68. The van der Waals surface area contributed by atoms with E-state index in [4.69, 9.17) is 0 Å². The molecule has 132 valence electrons. The average molecular weight is 349 g/mol. The van der Waals surface area contributed by atoms with E-state index in [1.807, 2.05) is 39.9 Å². The van der Waals surface area contributed by atoms with Crippen molar-refractivity contribution in [3.8, 4) is 0 Å². The van der Waals surface area contributed by atoms with Gasteiger partial charge in [0.05, 0.1) is 4.92 Å². The molecule has 0 spiro atoms. The molecular weight excluding hydrogens is 330 g/mol. The molecule has 1 atom stereocenters. The van der Waals surface area contributed by atoms with Crippen LogP contribution in [0.4, 0.5) is 5.69 Å². The molecule has 0 aliphatic carbocycles. The third kappa shape index (κ3) is 3.06. The van der Waals surface area contributed by atoms with Crippen molar-refractivity contribution in [2.75, 3.05) is 13.1 Å². The van der Waals surface area contributed by atoms with E-state index in [1.165, 1.54) is 17.7 Å². The summed E-state index contributed by atoms with van der Waals surface area (Å²) in [6, 6.07) is 16.8. The van der Waals surface area contributed by atoms with E-state index >= 15 is 0 Å². The van der Waals surface area contributed by atoms with Crippen molar-refractivity contribution < 1.29 is 9.72 Å². The van der Waals surface area contributed by atoms with Gasteiger partial charge in [-0.2, -0.15) is 0 Å². The van der Waals surface area contributed by atoms with Crippen molar-refractivity contribution in [3.63, 3.8) is 0 Å². The largest absolute Gasteiger partial charge is 0.341 e. The maximum Gasteiger partial charge on any atom is 0.270 e. The number of nitro groups is 1. The zero-order chi connectivity index (χ0) is 18.1. The van der Waals surface area contributed by atoms with Crippen LogP contribution in [0.3, 0.4) is 0 Å². The summed E-state index contributed by atoms with van der Waals surface area (Å²) in [5.74, 6) is 0.475. The molecule has 6 heteroatoms. The molecule has 0 N–H and O–H groups in total. The first kappa shape index (κ1) is 16.3. The monoisotopic (exact) mass is 349 g/mol. The number of hydrogen-bond acceptors (Lipinski definition) is 3. The average Bonchev–Trinajstić information content (AvgIpc) is 3.30. The Morgan fingerprint density at radius 1 is 1.15 bits per heavy atom. The molecular formula is C20H19N3O3. The molecule has 2 aromatic carbocycles. The topological polar surface area (TPSA) is 68.4 Å². The van der Waals surface area contributed by atoms with E-state index in [-0.39, 0.29) is 18.1 Å². The molecule has 1 aliphatic heterocycles. The Balaban J connectivity index is 1.47.